The fourth-order valence-corrected chi connectivity index (χ4v) is 1.36. The molecule has 0 saturated heterocycles. The monoisotopic (exact) mass is 232 g/mol. The number of hydrogen-bond acceptors (Lipinski definition) is 2. The van der Waals surface area contributed by atoms with Crippen molar-refractivity contribution in [3.05, 3.63) is 35.9 Å². The van der Waals surface area contributed by atoms with Crippen LogP contribution in [-0.4, -0.2) is 11.8 Å². The van der Waals surface area contributed by atoms with Gasteiger partial charge in [-0.05, 0) is 37.6 Å². The number of carbonyl (C=O) groups is 2. The molecule has 0 aliphatic rings. The minimum Gasteiger partial charge on any atom is -0.326 e. The van der Waals surface area contributed by atoms with Crippen LogP contribution in [0.1, 0.15) is 19.4 Å². The van der Waals surface area contributed by atoms with Crippen LogP contribution in [0.5, 0.6) is 0 Å². The van der Waals surface area contributed by atoms with Crippen molar-refractivity contribution in [3.8, 4) is 0 Å². The molecule has 1 rings (SSSR count). The molecule has 0 heterocycles. The smallest absolute Gasteiger partial charge is 0.248 e. The molecule has 0 aliphatic heterocycles. The Balaban J connectivity index is 2.88. The van der Waals surface area contributed by atoms with Crippen LogP contribution in [0.3, 0.4) is 0 Å². The molecule has 0 fully saturated rings. The predicted molar refractivity (Wildman–Crippen MR) is 68.9 cm³/mol. The average molecular weight is 232 g/mol. The van der Waals surface area contributed by atoms with Gasteiger partial charge < -0.3 is 10.6 Å². The summed E-state index contributed by atoms with van der Waals surface area (Å²) in [6.07, 6.45) is 3.11. The number of amides is 2. The third-order valence-corrected chi connectivity index (χ3v) is 2.13. The van der Waals surface area contributed by atoms with Gasteiger partial charge in [-0.3, -0.25) is 9.59 Å². The number of rotatable bonds is 3. The molecule has 0 atom stereocenters. The minimum absolute atomic E-state index is 0.134. The van der Waals surface area contributed by atoms with E-state index >= 15 is 0 Å². The Kier molecular flexibility index (Phi) is 4.46. The molecule has 4 heteroatoms. The molecule has 4 nitrogen and oxygen atoms in total. The summed E-state index contributed by atoms with van der Waals surface area (Å²) in [5, 5.41) is 5.42. The maximum atomic E-state index is 11.3. The van der Waals surface area contributed by atoms with Crippen molar-refractivity contribution < 1.29 is 9.59 Å². The van der Waals surface area contributed by atoms with Crippen LogP contribution >= 0.6 is 0 Å². The molecule has 0 aromatic heterocycles. The molecule has 1 aromatic carbocycles. The van der Waals surface area contributed by atoms with E-state index < -0.39 is 0 Å². The van der Waals surface area contributed by atoms with Gasteiger partial charge in [0, 0.05) is 18.3 Å². The number of anilines is 2. The summed E-state index contributed by atoms with van der Waals surface area (Å²) in [6, 6.07) is 5.37. The van der Waals surface area contributed by atoms with Crippen molar-refractivity contribution in [2.75, 3.05) is 10.6 Å². The highest BCUT2D eigenvalue weighted by Crippen LogP contribution is 2.20. The highest BCUT2D eigenvalue weighted by atomic mass is 16.2. The molecule has 0 radical (unpaired) electrons. The molecule has 0 unspecified atom stereocenters. The van der Waals surface area contributed by atoms with E-state index in [2.05, 4.69) is 10.6 Å². The SMILES string of the molecule is C/C=C/C(=O)Nc1ccc(C)c(NC(C)=O)c1. The Morgan fingerprint density at radius 2 is 1.94 bits per heavy atom. The summed E-state index contributed by atoms with van der Waals surface area (Å²) >= 11 is 0. The maximum absolute atomic E-state index is 11.3. The minimum atomic E-state index is -0.190. The van der Waals surface area contributed by atoms with E-state index in [4.69, 9.17) is 0 Å². The van der Waals surface area contributed by atoms with E-state index in [1.807, 2.05) is 13.0 Å². The van der Waals surface area contributed by atoms with Gasteiger partial charge in [0.1, 0.15) is 0 Å². The van der Waals surface area contributed by atoms with Gasteiger partial charge in [-0.2, -0.15) is 0 Å². The molecule has 1 aromatic rings. The number of carbonyl (C=O) groups excluding carboxylic acids is 2. The molecule has 0 bridgehead atoms. The van der Waals surface area contributed by atoms with E-state index in [9.17, 15) is 9.59 Å². The van der Waals surface area contributed by atoms with E-state index in [0.29, 0.717) is 11.4 Å². The van der Waals surface area contributed by atoms with E-state index in [1.54, 1.807) is 25.1 Å². The van der Waals surface area contributed by atoms with Gasteiger partial charge in [0.15, 0.2) is 0 Å². The lowest BCUT2D eigenvalue weighted by molar-refractivity contribution is -0.114. The third-order valence-electron chi connectivity index (χ3n) is 2.13. The van der Waals surface area contributed by atoms with Gasteiger partial charge in [-0.25, -0.2) is 0 Å². The molecular weight excluding hydrogens is 216 g/mol. The molecule has 0 spiro atoms. The summed E-state index contributed by atoms with van der Waals surface area (Å²) in [5.74, 6) is -0.324. The van der Waals surface area contributed by atoms with Gasteiger partial charge >= 0.3 is 0 Å². The highest BCUT2D eigenvalue weighted by molar-refractivity contribution is 6.00. The Labute approximate surface area is 101 Å². The van der Waals surface area contributed by atoms with Crippen LogP contribution in [0.25, 0.3) is 0 Å². The van der Waals surface area contributed by atoms with E-state index in [-0.39, 0.29) is 11.8 Å². The number of nitrogens with one attached hydrogen (secondary N) is 2. The predicted octanol–water partition coefficient (Wildman–Crippen LogP) is 2.47. The molecule has 90 valence electrons. The third kappa shape index (κ3) is 4.10. The van der Waals surface area contributed by atoms with Crippen molar-refractivity contribution in [2.24, 2.45) is 0 Å². The topological polar surface area (TPSA) is 58.2 Å². The molecule has 0 aliphatic carbocycles. The van der Waals surface area contributed by atoms with Crippen LogP contribution in [0.2, 0.25) is 0 Å². The first-order valence-electron chi connectivity index (χ1n) is 5.35. The Bertz CT molecular complexity index is 464. The zero-order chi connectivity index (χ0) is 12.8. The standard InChI is InChI=1S/C13H16N2O2/c1-4-5-13(17)15-11-7-6-9(2)12(8-11)14-10(3)16/h4-8H,1-3H3,(H,14,16)(H,15,17)/b5-4+. The number of hydrogen-bond donors (Lipinski definition) is 2. The first-order chi connectivity index (χ1) is 8.02. The van der Waals surface area contributed by atoms with Crippen molar-refractivity contribution in [3.63, 3.8) is 0 Å². The average Bonchev–Trinajstić information content (AvgIpc) is 2.22. The Hall–Kier alpha value is -2.10. The zero-order valence-corrected chi connectivity index (χ0v) is 10.2. The zero-order valence-electron chi connectivity index (χ0n) is 10.2. The van der Waals surface area contributed by atoms with Gasteiger partial charge in [0.2, 0.25) is 11.8 Å². The Morgan fingerprint density at radius 3 is 2.53 bits per heavy atom. The summed E-state index contributed by atoms with van der Waals surface area (Å²) in [6.45, 7) is 5.12. The van der Waals surface area contributed by atoms with Gasteiger partial charge in [-0.15, -0.1) is 0 Å². The highest BCUT2D eigenvalue weighted by Gasteiger charge is 2.03. The van der Waals surface area contributed by atoms with Crippen LogP contribution in [0.4, 0.5) is 11.4 Å². The number of allylic oxidation sites excluding steroid dienone is 1. The second-order valence-electron chi connectivity index (χ2n) is 3.70. The second-order valence-corrected chi connectivity index (χ2v) is 3.70. The lowest BCUT2D eigenvalue weighted by Gasteiger charge is -2.09. The first-order valence-corrected chi connectivity index (χ1v) is 5.35. The fraction of sp³-hybridized carbons (Fsp3) is 0.231. The first kappa shape index (κ1) is 13.0. The second kappa shape index (κ2) is 5.84. The quantitative estimate of drug-likeness (QED) is 0.786. The maximum Gasteiger partial charge on any atom is 0.248 e. The lowest BCUT2D eigenvalue weighted by atomic mass is 10.1. The van der Waals surface area contributed by atoms with Crippen LogP contribution in [0, 0.1) is 6.92 Å². The van der Waals surface area contributed by atoms with E-state index in [0.717, 1.165) is 5.56 Å². The van der Waals surface area contributed by atoms with Crippen LogP contribution < -0.4 is 10.6 Å². The number of benzene rings is 1. The fourth-order valence-electron chi connectivity index (χ4n) is 1.36. The molecule has 0 saturated carbocycles. The largest absolute Gasteiger partial charge is 0.326 e. The van der Waals surface area contributed by atoms with Crippen LogP contribution in [-0.2, 0) is 9.59 Å². The van der Waals surface area contributed by atoms with Crippen molar-refractivity contribution in [1.29, 1.82) is 0 Å². The van der Waals surface area contributed by atoms with Crippen molar-refractivity contribution in [2.45, 2.75) is 20.8 Å². The van der Waals surface area contributed by atoms with Gasteiger partial charge in [0.25, 0.3) is 0 Å². The van der Waals surface area contributed by atoms with E-state index in [1.165, 1.54) is 13.0 Å². The normalized spacial score (nSPS) is 10.3. The Morgan fingerprint density at radius 1 is 1.24 bits per heavy atom. The van der Waals surface area contributed by atoms with Crippen LogP contribution in [0.15, 0.2) is 30.4 Å². The summed E-state index contributed by atoms with van der Waals surface area (Å²) < 4.78 is 0. The van der Waals surface area contributed by atoms with Gasteiger partial charge in [0.05, 0.1) is 0 Å². The summed E-state index contributed by atoms with van der Waals surface area (Å²) in [4.78, 5) is 22.3. The molecule has 2 amide bonds. The van der Waals surface area contributed by atoms with Gasteiger partial charge in [-0.1, -0.05) is 12.1 Å². The molecule has 2 N–H and O–H groups in total. The molecular formula is C13H16N2O2. The number of aryl methyl sites for hydroxylation is 1. The molecule has 17 heavy (non-hydrogen) atoms. The lowest BCUT2D eigenvalue weighted by Crippen LogP contribution is -2.10. The van der Waals surface area contributed by atoms with Crippen molar-refractivity contribution >= 4 is 23.2 Å². The summed E-state index contributed by atoms with van der Waals surface area (Å²) in [5.41, 5.74) is 2.31. The summed E-state index contributed by atoms with van der Waals surface area (Å²) in [7, 11) is 0. The van der Waals surface area contributed by atoms with Crippen molar-refractivity contribution in [1.82, 2.24) is 0 Å².